The molecule has 0 bridgehead atoms. The van der Waals surface area contributed by atoms with Crippen molar-refractivity contribution in [2.45, 2.75) is 64.5 Å². The van der Waals surface area contributed by atoms with Gasteiger partial charge in [-0.15, -0.1) is 12.4 Å². The molecular formula is C16H31ClN2O2. The maximum atomic E-state index is 12.6. The Bertz CT molecular complexity index is 315. The van der Waals surface area contributed by atoms with Crippen LogP contribution in [0.15, 0.2) is 0 Å². The topological polar surface area (TPSA) is 41.6 Å². The first-order chi connectivity index (χ1) is 9.70. The molecule has 2 saturated heterocycles. The van der Waals surface area contributed by atoms with Crippen molar-refractivity contribution in [1.82, 2.24) is 10.2 Å². The van der Waals surface area contributed by atoms with E-state index in [1.54, 1.807) is 0 Å². The Kier molecular flexibility index (Phi) is 8.60. The van der Waals surface area contributed by atoms with E-state index in [0.717, 1.165) is 64.8 Å². The summed E-state index contributed by atoms with van der Waals surface area (Å²) in [5.74, 6) is 0.619. The maximum Gasteiger partial charge on any atom is 0.225 e. The molecule has 124 valence electrons. The summed E-state index contributed by atoms with van der Waals surface area (Å²) >= 11 is 0. The molecule has 1 amide bonds. The van der Waals surface area contributed by atoms with Crippen LogP contribution in [0.5, 0.6) is 0 Å². The van der Waals surface area contributed by atoms with Crippen LogP contribution in [0, 0.1) is 5.92 Å². The largest absolute Gasteiger partial charge is 0.378 e. The number of carbonyl (C=O) groups excluding carboxylic acids is 1. The van der Waals surface area contributed by atoms with Crippen LogP contribution in [0.2, 0.25) is 0 Å². The highest BCUT2D eigenvalue weighted by Crippen LogP contribution is 2.22. The Balaban J connectivity index is 0.00000220. The molecule has 2 rings (SSSR count). The van der Waals surface area contributed by atoms with E-state index in [9.17, 15) is 4.79 Å². The molecule has 0 aromatic carbocycles. The number of carbonyl (C=O) groups is 1. The van der Waals surface area contributed by atoms with E-state index in [0.29, 0.717) is 18.1 Å². The summed E-state index contributed by atoms with van der Waals surface area (Å²) in [4.78, 5) is 14.7. The number of rotatable bonds is 4. The first-order valence-electron chi connectivity index (χ1n) is 8.34. The molecule has 21 heavy (non-hydrogen) atoms. The van der Waals surface area contributed by atoms with Gasteiger partial charge in [-0.1, -0.05) is 6.92 Å². The van der Waals surface area contributed by atoms with Crippen LogP contribution >= 0.6 is 12.4 Å². The number of halogens is 1. The van der Waals surface area contributed by atoms with Gasteiger partial charge in [-0.3, -0.25) is 4.79 Å². The fourth-order valence-electron chi connectivity index (χ4n) is 3.35. The molecule has 0 aliphatic carbocycles. The predicted octanol–water partition coefficient (Wildman–Crippen LogP) is 2.60. The fourth-order valence-corrected chi connectivity index (χ4v) is 3.35. The third-order valence-corrected chi connectivity index (χ3v) is 4.52. The van der Waals surface area contributed by atoms with Gasteiger partial charge in [-0.2, -0.15) is 0 Å². The molecule has 0 aromatic heterocycles. The average Bonchev–Trinajstić information content (AvgIpc) is 2.70. The molecule has 2 aliphatic heterocycles. The fraction of sp³-hybridized carbons (Fsp3) is 0.938. The Morgan fingerprint density at radius 2 is 2.10 bits per heavy atom. The van der Waals surface area contributed by atoms with Crippen LogP contribution in [-0.2, 0) is 9.53 Å². The number of likely N-dealkylation sites (tertiary alicyclic amines) is 1. The second kappa shape index (κ2) is 9.65. The summed E-state index contributed by atoms with van der Waals surface area (Å²) in [7, 11) is 0. The zero-order valence-corrected chi connectivity index (χ0v) is 14.3. The lowest BCUT2D eigenvalue weighted by atomic mass is 9.92. The Hall–Kier alpha value is -0.320. The zero-order valence-electron chi connectivity index (χ0n) is 13.5. The monoisotopic (exact) mass is 318 g/mol. The van der Waals surface area contributed by atoms with Crippen molar-refractivity contribution in [3.63, 3.8) is 0 Å². The molecule has 1 N–H and O–H groups in total. The lowest BCUT2D eigenvalue weighted by Crippen LogP contribution is -2.44. The van der Waals surface area contributed by atoms with Crippen molar-refractivity contribution in [2.24, 2.45) is 5.92 Å². The number of hydrogen-bond acceptors (Lipinski definition) is 3. The standard InChI is InChI=1S/C16H30N2O2.ClH/c1-3-11-20-15-5-4-9-18(10-7-15)16(19)14-6-8-17-13(2)12-14;/h13-15,17H,3-12H2,1-2H3;1H/t13-,14-,15?;/m0./s1. The van der Waals surface area contributed by atoms with Crippen molar-refractivity contribution in [3.8, 4) is 0 Å². The first kappa shape index (κ1) is 18.7. The minimum Gasteiger partial charge on any atom is -0.378 e. The van der Waals surface area contributed by atoms with Crippen LogP contribution in [0.4, 0.5) is 0 Å². The molecule has 2 heterocycles. The van der Waals surface area contributed by atoms with E-state index in [2.05, 4.69) is 24.1 Å². The van der Waals surface area contributed by atoms with E-state index in [4.69, 9.17) is 4.74 Å². The maximum absolute atomic E-state index is 12.6. The van der Waals surface area contributed by atoms with Crippen molar-refractivity contribution >= 4 is 18.3 Å². The quantitative estimate of drug-likeness (QED) is 0.866. The second-order valence-corrected chi connectivity index (χ2v) is 6.33. The summed E-state index contributed by atoms with van der Waals surface area (Å²) in [5, 5.41) is 3.42. The van der Waals surface area contributed by atoms with E-state index < -0.39 is 0 Å². The highest BCUT2D eigenvalue weighted by atomic mass is 35.5. The van der Waals surface area contributed by atoms with E-state index in [1.807, 2.05) is 0 Å². The zero-order chi connectivity index (χ0) is 14.4. The first-order valence-corrected chi connectivity index (χ1v) is 8.34. The van der Waals surface area contributed by atoms with Gasteiger partial charge in [-0.25, -0.2) is 0 Å². The Morgan fingerprint density at radius 3 is 2.81 bits per heavy atom. The molecule has 0 spiro atoms. The Labute approximate surface area is 135 Å². The van der Waals surface area contributed by atoms with Crippen LogP contribution < -0.4 is 5.32 Å². The summed E-state index contributed by atoms with van der Waals surface area (Å²) < 4.78 is 5.85. The predicted molar refractivity (Wildman–Crippen MR) is 87.9 cm³/mol. The SMILES string of the molecule is CCCOC1CCCN(C(=O)[C@H]2CCN[C@@H](C)C2)CC1.Cl. The van der Waals surface area contributed by atoms with Gasteiger partial charge in [0.15, 0.2) is 0 Å². The van der Waals surface area contributed by atoms with Crippen LogP contribution in [-0.4, -0.2) is 49.2 Å². The van der Waals surface area contributed by atoms with Gasteiger partial charge in [0, 0.05) is 31.7 Å². The normalized spacial score (nSPS) is 30.4. The number of nitrogens with one attached hydrogen (secondary N) is 1. The molecule has 0 aromatic rings. The van der Waals surface area contributed by atoms with Gasteiger partial charge in [0.2, 0.25) is 5.91 Å². The molecule has 2 fully saturated rings. The molecule has 5 heteroatoms. The number of amides is 1. The summed E-state index contributed by atoms with van der Waals surface area (Å²) in [6, 6.07) is 0.477. The number of hydrogen-bond donors (Lipinski definition) is 1. The summed E-state index contributed by atoms with van der Waals surface area (Å²) in [6.45, 7) is 7.95. The number of ether oxygens (including phenoxy) is 1. The third-order valence-electron chi connectivity index (χ3n) is 4.52. The van der Waals surface area contributed by atoms with Crippen molar-refractivity contribution in [1.29, 1.82) is 0 Å². The second-order valence-electron chi connectivity index (χ2n) is 6.33. The van der Waals surface area contributed by atoms with E-state index in [1.165, 1.54) is 0 Å². The molecule has 1 unspecified atom stereocenters. The molecule has 0 saturated carbocycles. The van der Waals surface area contributed by atoms with Gasteiger partial charge in [0.05, 0.1) is 6.10 Å². The van der Waals surface area contributed by atoms with Crippen LogP contribution in [0.3, 0.4) is 0 Å². The Morgan fingerprint density at radius 1 is 1.29 bits per heavy atom. The average molecular weight is 319 g/mol. The summed E-state index contributed by atoms with van der Waals surface area (Å²) in [5.41, 5.74) is 0. The number of piperidine rings is 1. The van der Waals surface area contributed by atoms with Crippen molar-refractivity contribution in [3.05, 3.63) is 0 Å². The highest BCUT2D eigenvalue weighted by Gasteiger charge is 2.29. The lowest BCUT2D eigenvalue weighted by molar-refractivity contribution is -0.136. The van der Waals surface area contributed by atoms with E-state index >= 15 is 0 Å². The molecule has 4 nitrogen and oxygen atoms in total. The van der Waals surface area contributed by atoms with Crippen molar-refractivity contribution < 1.29 is 9.53 Å². The third kappa shape index (κ3) is 5.76. The molecule has 2 aliphatic rings. The van der Waals surface area contributed by atoms with Crippen LogP contribution in [0.1, 0.15) is 52.4 Å². The number of nitrogens with zero attached hydrogens (tertiary/aromatic N) is 1. The molecule has 3 atom stereocenters. The highest BCUT2D eigenvalue weighted by molar-refractivity contribution is 5.85. The van der Waals surface area contributed by atoms with Gasteiger partial charge >= 0.3 is 0 Å². The lowest BCUT2D eigenvalue weighted by Gasteiger charge is -2.31. The van der Waals surface area contributed by atoms with Gasteiger partial charge in [-0.05, 0) is 52.0 Å². The molecular weight excluding hydrogens is 288 g/mol. The smallest absolute Gasteiger partial charge is 0.225 e. The molecule has 0 radical (unpaired) electrons. The summed E-state index contributed by atoms with van der Waals surface area (Å²) in [6.07, 6.45) is 6.62. The van der Waals surface area contributed by atoms with Gasteiger partial charge in [0.1, 0.15) is 0 Å². The van der Waals surface area contributed by atoms with Crippen molar-refractivity contribution in [2.75, 3.05) is 26.2 Å². The van der Waals surface area contributed by atoms with Gasteiger partial charge in [0.25, 0.3) is 0 Å². The minimum atomic E-state index is 0. The minimum absolute atomic E-state index is 0. The van der Waals surface area contributed by atoms with E-state index in [-0.39, 0.29) is 18.3 Å². The van der Waals surface area contributed by atoms with Gasteiger partial charge < -0.3 is 15.0 Å². The van der Waals surface area contributed by atoms with Crippen LogP contribution in [0.25, 0.3) is 0 Å².